The largest absolute Gasteiger partial charge is 0.345 e. The van der Waals surface area contributed by atoms with E-state index < -0.39 is 0 Å². The van der Waals surface area contributed by atoms with Gasteiger partial charge in [0.25, 0.3) is 11.5 Å². The second kappa shape index (κ2) is 9.04. The number of aromatic nitrogens is 2. The van der Waals surface area contributed by atoms with E-state index in [4.69, 9.17) is 4.98 Å². The zero-order valence-corrected chi connectivity index (χ0v) is 21.5. The van der Waals surface area contributed by atoms with Crippen molar-refractivity contribution in [2.24, 2.45) is 0 Å². The molecule has 4 aromatic rings. The SMILES string of the molecule is Cc1ccc(-n2c(SCc3ccc(C(=O)N(C)C)cc3)nc3sc4c(c3c2=O)CCC4)c(C)c1. The van der Waals surface area contributed by atoms with Crippen LogP contribution in [0.15, 0.2) is 52.4 Å². The van der Waals surface area contributed by atoms with Crippen molar-refractivity contribution in [1.29, 1.82) is 0 Å². The van der Waals surface area contributed by atoms with E-state index in [0.717, 1.165) is 46.3 Å². The minimum Gasteiger partial charge on any atom is -0.345 e. The van der Waals surface area contributed by atoms with Crippen LogP contribution >= 0.6 is 23.1 Å². The number of nitrogens with zero attached hydrogens (tertiary/aromatic N) is 3. The van der Waals surface area contributed by atoms with Gasteiger partial charge in [0.05, 0.1) is 11.1 Å². The van der Waals surface area contributed by atoms with Crippen molar-refractivity contribution in [1.82, 2.24) is 14.5 Å². The molecule has 2 aromatic carbocycles. The van der Waals surface area contributed by atoms with Gasteiger partial charge < -0.3 is 4.90 Å². The van der Waals surface area contributed by atoms with Gasteiger partial charge in [0, 0.05) is 30.3 Å². The standard InChI is InChI=1S/C27H27N3O2S2/c1-16-8-13-21(17(2)14-16)30-26(32)23-20-6-5-7-22(20)34-24(23)28-27(30)33-15-18-9-11-19(12-10-18)25(31)29(3)4/h8-14H,5-7,15H2,1-4H3. The number of aryl methyl sites for hydroxylation is 4. The predicted molar refractivity (Wildman–Crippen MR) is 141 cm³/mol. The monoisotopic (exact) mass is 489 g/mol. The van der Waals surface area contributed by atoms with Crippen LogP contribution in [0, 0.1) is 13.8 Å². The summed E-state index contributed by atoms with van der Waals surface area (Å²) in [5, 5.41) is 1.51. The Hall–Kier alpha value is -2.90. The van der Waals surface area contributed by atoms with Crippen LogP contribution in [0.2, 0.25) is 0 Å². The van der Waals surface area contributed by atoms with Crippen LogP contribution in [0.4, 0.5) is 0 Å². The number of hydrogen-bond donors (Lipinski definition) is 0. The Morgan fingerprint density at radius 3 is 2.59 bits per heavy atom. The molecule has 0 unspecified atom stereocenters. The molecule has 0 saturated carbocycles. The average molecular weight is 490 g/mol. The molecule has 1 aliphatic carbocycles. The summed E-state index contributed by atoms with van der Waals surface area (Å²) in [6, 6.07) is 13.8. The maximum absolute atomic E-state index is 13.9. The van der Waals surface area contributed by atoms with Crippen LogP contribution in [-0.2, 0) is 18.6 Å². The fraction of sp³-hybridized carbons (Fsp3) is 0.296. The average Bonchev–Trinajstić information content (AvgIpc) is 3.39. The highest BCUT2D eigenvalue weighted by Gasteiger charge is 2.24. The topological polar surface area (TPSA) is 55.2 Å². The number of rotatable bonds is 5. The summed E-state index contributed by atoms with van der Waals surface area (Å²) in [6.45, 7) is 4.11. The molecule has 1 amide bonds. The lowest BCUT2D eigenvalue weighted by molar-refractivity contribution is 0.0827. The summed E-state index contributed by atoms with van der Waals surface area (Å²) in [6.07, 6.45) is 3.12. The number of hydrogen-bond acceptors (Lipinski definition) is 5. The van der Waals surface area contributed by atoms with E-state index >= 15 is 0 Å². The Bertz CT molecular complexity index is 1470. The van der Waals surface area contributed by atoms with Crippen molar-refractivity contribution < 1.29 is 4.79 Å². The Kier molecular flexibility index (Phi) is 6.08. The number of benzene rings is 2. The molecule has 0 radical (unpaired) electrons. The van der Waals surface area contributed by atoms with Gasteiger partial charge in [0.15, 0.2) is 5.16 Å². The highest BCUT2D eigenvalue weighted by Crippen LogP contribution is 2.36. The van der Waals surface area contributed by atoms with Crippen LogP contribution < -0.4 is 5.56 Å². The van der Waals surface area contributed by atoms with E-state index in [9.17, 15) is 9.59 Å². The van der Waals surface area contributed by atoms with Crippen LogP contribution in [0.1, 0.15) is 43.9 Å². The van der Waals surface area contributed by atoms with Gasteiger partial charge in [-0.25, -0.2) is 4.98 Å². The number of thiophene rings is 1. The molecule has 34 heavy (non-hydrogen) atoms. The molecule has 0 N–H and O–H groups in total. The normalized spacial score (nSPS) is 12.8. The molecule has 1 aliphatic rings. The molecule has 0 fully saturated rings. The van der Waals surface area contributed by atoms with E-state index in [2.05, 4.69) is 13.0 Å². The van der Waals surface area contributed by atoms with E-state index in [1.807, 2.05) is 43.3 Å². The van der Waals surface area contributed by atoms with Gasteiger partial charge in [0.1, 0.15) is 4.83 Å². The zero-order chi connectivity index (χ0) is 24.0. The number of carbonyl (C=O) groups is 1. The first-order valence-electron chi connectivity index (χ1n) is 11.4. The summed E-state index contributed by atoms with van der Waals surface area (Å²) in [5.41, 5.74) is 6.09. The highest BCUT2D eigenvalue weighted by atomic mass is 32.2. The van der Waals surface area contributed by atoms with Crippen molar-refractivity contribution in [3.05, 3.63) is 85.5 Å². The van der Waals surface area contributed by atoms with Crippen molar-refractivity contribution in [3.63, 3.8) is 0 Å². The van der Waals surface area contributed by atoms with Crippen LogP contribution in [0.25, 0.3) is 15.9 Å². The Balaban J connectivity index is 1.56. The minimum atomic E-state index is -0.0132. The van der Waals surface area contributed by atoms with Crippen molar-refractivity contribution in [2.75, 3.05) is 14.1 Å². The summed E-state index contributed by atoms with van der Waals surface area (Å²) >= 11 is 3.24. The van der Waals surface area contributed by atoms with Gasteiger partial charge in [-0.3, -0.25) is 14.2 Å². The van der Waals surface area contributed by atoms with Gasteiger partial charge in [0.2, 0.25) is 0 Å². The van der Waals surface area contributed by atoms with Gasteiger partial charge >= 0.3 is 0 Å². The maximum atomic E-state index is 13.9. The van der Waals surface area contributed by atoms with Crippen molar-refractivity contribution in [2.45, 2.75) is 44.0 Å². The van der Waals surface area contributed by atoms with E-state index in [1.54, 1.807) is 46.7 Å². The number of thioether (sulfide) groups is 1. The molecule has 174 valence electrons. The molecule has 2 heterocycles. The Morgan fingerprint density at radius 2 is 1.88 bits per heavy atom. The molecular formula is C27H27N3O2S2. The van der Waals surface area contributed by atoms with Gasteiger partial charge in [-0.15, -0.1) is 11.3 Å². The third kappa shape index (κ3) is 4.07. The zero-order valence-electron chi connectivity index (χ0n) is 19.8. The highest BCUT2D eigenvalue weighted by molar-refractivity contribution is 7.98. The second-order valence-electron chi connectivity index (χ2n) is 9.05. The van der Waals surface area contributed by atoms with Gasteiger partial charge in [-0.05, 0) is 68.0 Å². The van der Waals surface area contributed by atoms with Gasteiger partial charge in [-0.2, -0.15) is 0 Å². The molecule has 0 bridgehead atoms. The van der Waals surface area contributed by atoms with Crippen LogP contribution in [0.3, 0.4) is 0 Å². The predicted octanol–water partition coefficient (Wildman–Crippen LogP) is 5.55. The molecule has 0 spiro atoms. The molecular weight excluding hydrogens is 462 g/mol. The molecule has 5 nitrogen and oxygen atoms in total. The summed E-state index contributed by atoms with van der Waals surface area (Å²) < 4.78 is 1.80. The molecule has 0 aliphatic heterocycles. The lowest BCUT2D eigenvalue weighted by Gasteiger charge is -2.15. The third-order valence-corrected chi connectivity index (χ3v) is 8.47. The maximum Gasteiger partial charge on any atom is 0.267 e. The summed E-state index contributed by atoms with van der Waals surface area (Å²) in [5.74, 6) is 0.644. The summed E-state index contributed by atoms with van der Waals surface area (Å²) in [4.78, 5) is 34.8. The van der Waals surface area contributed by atoms with E-state index in [1.165, 1.54) is 16.0 Å². The third-order valence-electron chi connectivity index (χ3n) is 6.28. The minimum absolute atomic E-state index is 0.0132. The first-order valence-corrected chi connectivity index (χ1v) is 13.2. The fourth-order valence-electron chi connectivity index (χ4n) is 4.54. The van der Waals surface area contributed by atoms with Crippen molar-refractivity contribution >= 4 is 39.2 Å². The number of carbonyl (C=O) groups excluding carboxylic acids is 1. The van der Waals surface area contributed by atoms with Crippen molar-refractivity contribution in [3.8, 4) is 5.69 Å². The lowest BCUT2D eigenvalue weighted by Crippen LogP contribution is -2.22. The number of fused-ring (bicyclic) bond motifs is 3. The number of amides is 1. The van der Waals surface area contributed by atoms with E-state index in [0.29, 0.717) is 16.5 Å². The summed E-state index contributed by atoms with van der Waals surface area (Å²) in [7, 11) is 3.50. The first kappa shape index (κ1) is 22.9. The Morgan fingerprint density at radius 1 is 1.12 bits per heavy atom. The molecule has 2 aromatic heterocycles. The first-order chi connectivity index (χ1) is 16.3. The van der Waals surface area contributed by atoms with Gasteiger partial charge in [-0.1, -0.05) is 41.6 Å². The Labute approximate surface area is 207 Å². The fourth-order valence-corrected chi connectivity index (χ4v) is 6.80. The molecule has 0 atom stereocenters. The van der Waals surface area contributed by atoms with Crippen LogP contribution in [-0.4, -0.2) is 34.5 Å². The molecule has 0 saturated heterocycles. The van der Waals surface area contributed by atoms with Crippen LogP contribution in [0.5, 0.6) is 0 Å². The quantitative estimate of drug-likeness (QED) is 0.273. The molecule has 7 heteroatoms. The second-order valence-corrected chi connectivity index (χ2v) is 11.1. The van der Waals surface area contributed by atoms with E-state index in [-0.39, 0.29) is 11.5 Å². The lowest BCUT2D eigenvalue weighted by atomic mass is 10.1. The molecule has 5 rings (SSSR count). The smallest absolute Gasteiger partial charge is 0.267 e.